The van der Waals surface area contributed by atoms with Gasteiger partial charge in [-0.1, -0.05) is 44.2 Å². The van der Waals surface area contributed by atoms with Gasteiger partial charge in [-0.05, 0) is 25.3 Å². The molecule has 0 radical (unpaired) electrons. The first-order valence-corrected chi connectivity index (χ1v) is 8.95. The fraction of sp³-hybridized carbons (Fsp3) is 0.500. The summed E-state index contributed by atoms with van der Waals surface area (Å²) in [6.45, 7) is 8.95. The van der Waals surface area contributed by atoms with Gasteiger partial charge in [0.1, 0.15) is 6.61 Å². The fourth-order valence-corrected chi connectivity index (χ4v) is 2.13. The zero-order chi connectivity index (χ0) is 17.9. The maximum atomic E-state index is 5.91. The van der Waals surface area contributed by atoms with E-state index in [9.17, 15) is 0 Å². The Morgan fingerprint density at radius 2 is 1.48 bits per heavy atom. The van der Waals surface area contributed by atoms with Gasteiger partial charge in [0.25, 0.3) is 5.95 Å². The molecule has 1 heterocycles. The van der Waals surface area contributed by atoms with E-state index < -0.39 is 0 Å². The Labute approximate surface area is 149 Å². The van der Waals surface area contributed by atoms with Crippen LogP contribution in [0.4, 0.5) is 17.8 Å². The van der Waals surface area contributed by atoms with Crippen LogP contribution >= 0.6 is 0 Å². The molecular weight excluding hydrogens is 316 g/mol. The molecular formula is C18H28N6O. The van der Waals surface area contributed by atoms with Crippen LogP contribution in [0.2, 0.25) is 0 Å². The molecule has 2 N–H and O–H groups in total. The van der Waals surface area contributed by atoms with Crippen LogP contribution in [0.15, 0.2) is 30.3 Å². The topological polar surface area (TPSA) is 75.2 Å². The van der Waals surface area contributed by atoms with E-state index in [1.807, 2.05) is 37.3 Å². The highest BCUT2D eigenvalue weighted by Crippen LogP contribution is 2.15. The second-order valence-corrected chi connectivity index (χ2v) is 5.59. The number of hydrogen-bond donors (Lipinski definition) is 2. The Kier molecular flexibility index (Phi) is 7.91. The van der Waals surface area contributed by atoms with E-state index in [1.54, 1.807) is 5.06 Å². The van der Waals surface area contributed by atoms with Gasteiger partial charge in [0.15, 0.2) is 0 Å². The van der Waals surface area contributed by atoms with E-state index in [2.05, 4.69) is 39.4 Å². The summed E-state index contributed by atoms with van der Waals surface area (Å²) in [4.78, 5) is 19.3. The second kappa shape index (κ2) is 10.5. The smallest absolute Gasteiger partial charge is 0.256 e. The molecule has 0 spiro atoms. The van der Waals surface area contributed by atoms with Crippen LogP contribution in [0.25, 0.3) is 0 Å². The molecule has 25 heavy (non-hydrogen) atoms. The third kappa shape index (κ3) is 6.19. The van der Waals surface area contributed by atoms with Crippen LogP contribution in [0.5, 0.6) is 0 Å². The van der Waals surface area contributed by atoms with E-state index in [1.165, 1.54) is 0 Å². The summed E-state index contributed by atoms with van der Waals surface area (Å²) in [6.07, 6.45) is 2.00. The van der Waals surface area contributed by atoms with Crippen LogP contribution in [-0.2, 0) is 11.4 Å². The van der Waals surface area contributed by atoms with E-state index in [4.69, 9.17) is 4.84 Å². The van der Waals surface area contributed by atoms with Gasteiger partial charge in [0.05, 0.1) is 0 Å². The maximum Gasteiger partial charge on any atom is 0.256 e. The van der Waals surface area contributed by atoms with Crippen molar-refractivity contribution in [3.05, 3.63) is 35.9 Å². The number of rotatable bonds is 11. The summed E-state index contributed by atoms with van der Waals surface area (Å²) in [5.74, 6) is 1.63. The summed E-state index contributed by atoms with van der Waals surface area (Å²) < 4.78 is 0. The molecule has 0 saturated carbocycles. The van der Waals surface area contributed by atoms with E-state index in [-0.39, 0.29) is 0 Å². The van der Waals surface area contributed by atoms with E-state index >= 15 is 0 Å². The van der Waals surface area contributed by atoms with Crippen LogP contribution in [0, 0.1) is 0 Å². The highest BCUT2D eigenvalue weighted by molar-refractivity contribution is 5.42. The van der Waals surface area contributed by atoms with Crippen LogP contribution in [0.3, 0.4) is 0 Å². The number of anilines is 3. The summed E-state index contributed by atoms with van der Waals surface area (Å²) in [5, 5.41) is 8.14. The molecule has 0 unspecified atom stereocenters. The molecule has 0 fully saturated rings. The van der Waals surface area contributed by atoms with Crippen LogP contribution in [-0.4, -0.2) is 34.6 Å². The molecule has 7 heteroatoms. The maximum absolute atomic E-state index is 5.91. The van der Waals surface area contributed by atoms with Gasteiger partial charge in [-0.25, -0.2) is 5.06 Å². The van der Waals surface area contributed by atoms with Crippen LogP contribution in [0.1, 0.15) is 39.2 Å². The first kappa shape index (κ1) is 18.9. The van der Waals surface area contributed by atoms with Crippen molar-refractivity contribution in [2.24, 2.45) is 0 Å². The lowest BCUT2D eigenvalue weighted by atomic mass is 10.2. The van der Waals surface area contributed by atoms with Crippen molar-refractivity contribution in [2.45, 2.75) is 40.2 Å². The monoisotopic (exact) mass is 344 g/mol. The van der Waals surface area contributed by atoms with Gasteiger partial charge >= 0.3 is 0 Å². The molecule has 2 rings (SSSR count). The van der Waals surface area contributed by atoms with Crippen molar-refractivity contribution in [2.75, 3.05) is 35.3 Å². The van der Waals surface area contributed by atoms with Crippen molar-refractivity contribution >= 4 is 17.8 Å². The molecule has 1 aromatic carbocycles. The average Bonchev–Trinajstić information content (AvgIpc) is 2.66. The SMILES string of the molecule is CCCNc1nc(NCCC)nc(N(CC)OCc2ccccc2)n1. The van der Waals surface area contributed by atoms with E-state index in [0.717, 1.165) is 31.5 Å². The first-order chi connectivity index (χ1) is 12.3. The Balaban J connectivity index is 2.13. The molecule has 1 aromatic heterocycles. The van der Waals surface area contributed by atoms with Crippen molar-refractivity contribution in [3.63, 3.8) is 0 Å². The lowest BCUT2D eigenvalue weighted by molar-refractivity contribution is 0.0936. The molecule has 0 saturated heterocycles. The molecule has 0 atom stereocenters. The van der Waals surface area contributed by atoms with Crippen molar-refractivity contribution in [1.82, 2.24) is 15.0 Å². The van der Waals surface area contributed by atoms with Gasteiger partial charge in [-0.3, -0.25) is 4.84 Å². The molecule has 0 aliphatic carbocycles. The summed E-state index contributed by atoms with van der Waals surface area (Å²) in [7, 11) is 0. The zero-order valence-corrected chi connectivity index (χ0v) is 15.3. The number of hydroxylamine groups is 1. The normalized spacial score (nSPS) is 10.5. The standard InChI is InChI=1S/C18H28N6O/c1-4-12-19-16-21-17(20-13-5-2)23-18(22-16)24(6-3)25-14-15-10-8-7-9-11-15/h7-11H,4-6,12-14H2,1-3H3,(H2,19,20,21,22,23). The average molecular weight is 344 g/mol. The van der Waals surface area contributed by atoms with Crippen molar-refractivity contribution in [1.29, 1.82) is 0 Å². The minimum absolute atomic E-state index is 0.468. The highest BCUT2D eigenvalue weighted by Gasteiger charge is 2.13. The highest BCUT2D eigenvalue weighted by atomic mass is 16.7. The molecule has 136 valence electrons. The number of nitrogens with zero attached hydrogens (tertiary/aromatic N) is 4. The van der Waals surface area contributed by atoms with E-state index in [0.29, 0.717) is 31.0 Å². The van der Waals surface area contributed by atoms with Crippen molar-refractivity contribution < 1.29 is 4.84 Å². The molecule has 0 bridgehead atoms. The minimum atomic E-state index is 0.468. The lowest BCUT2D eigenvalue weighted by Gasteiger charge is -2.21. The predicted molar refractivity (Wildman–Crippen MR) is 102 cm³/mol. The Morgan fingerprint density at radius 3 is 2.00 bits per heavy atom. The van der Waals surface area contributed by atoms with Gasteiger partial charge in [0, 0.05) is 19.6 Å². The molecule has 0 aliphatic heterocycles. The quantitative estimate of drug-likeness (QED) is 0.604. The lowest BCUT2D eigenvalue weighted by Crippen LogP contribution is -2.26. The largest absolute Gasteiger partial charge is 0.354 e. The summed E-state index contributed by atoms with van der Waals surface area (Å²) >= 11 is 0. The molecule has 0 aliphatic rings. The third-order valence-corrected chi connectivity index (χ3v) is 3.43. The number of benzene rings is 1. The predicted octanol–water partition coefficient (Wildman–Crippen LogP) is 3.47. The van der Waals surface area contributed by atoms with Gasteiger partial charge < -0.3 is 10.6 Å². The number of hydrogen-bond acceptors (Lipinski definition) is 7. The van der Waals surface area contributed by atoms with Gasteiger partial charge in [-0.15, -0.1) is 0 Å². The minimum Gasteiger partial charge on any atom is -0.354 e. The Hall–Kier alpha value is -2.41. The first-order valence-electron chi connectivity index (χ1n) is 8.95. The Morgan fingerprint density at radius 1 is 0.880 bits per heavy atom. The summed E-state index contributed by atoms with van der Waals surface area (Å²) in [5.41, 5.74) is 1.10. The second-order valence-electron chi connectivity index (χ2n) is 5.59. The third-order valence-electron chi connectivity index (χ3n) is 3.43. The van der Waals surface area contributed by atoms with Gasteiger partial charge in [-0.2, -0.15) is 15.0 Å². The van der Waals surface area contributed by atoms with Crippen molar-refractivity contribution in [3.8, 4) is 0 Å². The van der Waals surface area contributed by atoms with Gasteiger partial charge in [0.2, 0.25) is 11.9 Å². The van der Waals surface area contributed by atoms with Crippen LogP contribution < -0.4 is 15.7 Å². The zero-order valence-electron chi connectivity index (χ0n) is 15.3. The fourth-order valence-electron chi connectivity index (χ4n) is 2.13. The molecule has 0 amide bonds. The Bertz CT molecular complexity index is 596. The number of nitrogens with one attached hydrogen (secondary N) is 2. The molecule has 2 aromatic rings. The molecule has 7 nitrogen and oxygen atoms in total. The number of aromatic nitrogens is 3. The summed E-state index contributed by atoms with van der Waals surface area (Å²) in [6, 6.07) is 10.0.